The monoisotopic (exact) mass is 360 g/mol. The van der Waals surface area contributed by atoms with Crippen LogP contribution in [-0.2, 0) is 4.79 Å². The molecule has 0 aromatic heterocycles. The number of carboxylic acid groups (broad SMARTS) is 1. The van der Waals surface area contributed by atoms with Crippen LogP contribution in [-0.4, -0.2) is 34.1 Å². The Balaban J connectivity index is 2.05. The molecule has 0 aromatic carbocycles. The Labute approximate surface area is 134 Å². The predicted octanol–water partition coefficient (Wildman–Crippen LogP) is 3.62. The zero-order valence-corrected chi connectivity index (χ0v) is 12.6. The lowest BCUT2D eigenvalue weighted by Crippen LogP contribution is -2.67. The van der Waals surface area contributed by atoms with E-state index in [4.69, 9.17) is 0 Å². The van der Waals surface area contributed by atoms with E-state index >= 15 is 0 Å². The van der Waals surface area contributed by atoms with Gasteiger partial charge < -0.3 is 10.2 Å². The second kappa shape index (κ2) is 5.25. The number of aliphatic hydroxyl groups is 1. The Bertz CT molecular complexity index is 484. The summed E-state index contributed by atoms with van der Waals surface area (Å²) in [6.45, 7) is 0. The summed E-state index contributed by atoms with van der Waals surface area (Å²) in [7, 11) is 0. The molecule has 0 aliphatic heterocycles. The molecular weight excluding hydrogens is 342 g/mol. The van der Waals surface area contributed by atoms with E-state index in [1.807, 2.05) is 0 Å². The third kappa shape index (κ3) is 2.42. The summed E-state index contributed by atoms with van der Waals surface area (Å²) in [5.41, 5.74) is -5.23. The highest BCUT2D eigenvalue weighted by Gasteiger charge is 2.77. The molecular formula is C15H18F6O3. The summed E-state index contributed by atoms with van der Waals surface area (Å²) in [5.74, 6) is -6.95. The minimum atomic E-state index is -6.11. The number of alkyl halides is 6. The van der Waals surface area contributed by atoms with Gasteiger partial charge in [0.05, 0.1) is 0 Å². The van der Waals surface area contributed by atoms with Gasteiger partial charge in [-0.15, -0.1) is 0 Å². The van der Waals surface area contributed by atoms with E-state index in [1.54, 1.807) is 0 Å². The number of hydrogen-bond donors (Lipinski definition) is 2. The van der Waals surface area contributed by atoms with Crippen molar-refractivity contribution in [1.82, 2.24) is 0 Å². The molecule has 1 unspecified atom stereocenters. The van der Waals surface area contributed by atoms with Crippen LogP contribution in [0.1, 0.15) is 32.1 Å². The van der Waals surface area contributed by atoms with E-state index in [2.05, 4.69) is 0 Å². The van der Waals surface area contributed by atoms with Gasteiger partial charge in [-0.2, -0.15) is 26.3 Å². The van der Waals surface area contributed by atoms with Crippen LogP contribution in [0.2, 0.25) is 0 Å². The van der Waals surface area contributed by atoms with Crippen LogP contribution in [0.3, 0.4) is 0 Å². The van der Waals surface area contributed by atoms with Gasteiger partial charge in [-0.3, -0.25) is 4.79 Å². The molecule has 9 heteroatoms. The number of carboxylic acids is 1. The SMILES string of the molecule is O=C(O)C(C1C2CC3CC(C2)CC1C3)C(O)(C(F)(F)F)C(F)(F)F. The molecule has 24 heavy (non-hydrogen) atoms. The summed E-state index contributed by atoms with van der Waals surface area (Å²) >= 11 is 0. The Hall–Kier alpha value is -0.990. The molecule has 0 saturated heterocycles. The van der Waals surface area contributed by atoms with E-state index in [0.29, 0.717) is 25.7 Å². The highest BCUT2D eigenvalue weighted by molar-refractivity contribution is 5.72. The van der Waals surface area contributed by atoms with Crippen LogP contribution in [0.15, 0.2) is 0 Å². The third-order valence-corrected chi connectivity index (χ3v) is 6.27. The zero-order chi connectivity index (χ0) is 18.1. The molecule has 3 nitrogen and oxygen atoms in total. The van der Waals surface area contributed by atoms with Gasteiger partial charge in [0, 0.05) is 0 Å². The first-order valence-corrected chi connectivity index (χ1v) is 7.95. The van der Waals surface area contributed by atoms with Crippen molar-refractivity contribution >= 4 is 5.97 Å². The molecule has 2 N–H and O–H groups in total. The van der Waals surface area contributed by atoms with Crippen molar-refractivity contribution < 1.29 is 41.4 Å². The van der Waals surface area contributed by atoms with Crippen molar-refractivity contribution in [3.05, 3.63) is 0 Å². The molecule has 4 rings (SSSR count). The largest absolute Gasteiger partial charge is 0.481 e. The van der Waals surface area contributed by atoms with Crippen molar-refractivity contribution in [1.29, 1.82) is 0 Å². The van der Waals surface area contributed by atoms with Gasteiger partial charge in [0.1, 0.15) is 5.92 Å². The van der Waals surface area contributed by atoms with Crippen LogP contribution in [0.4, 0.5) is 26.3 Å². The molecule has 0 radical (unpaired) electrons. The second-order valence-electron chi connectivity index (χ2n) is 7.59. The van der Waals surface area contributed by atoms with Gasteiger partial charge in [-0.25, -0.2) is 0 Å². The molecule has 0 spiro atoms. The van der Waals surface area contributed by atoms with Gasteiger partial charge in [0.15, 0.2) is 0 Å². The number of aliphatic carboxylic acids is 1. The van der Waals surface area contributed by atoms with E-state index in [0.717, 1.165) is 6.42 Å². The fourth-order valence-electron chi connectivity index (χ4n) is 5.65. The fourth-order valence-corrected chi connectivity index (χ4v) is 5.65. The van der Waals surface area contributed by atoms with Crippen molar-refractivity contribution in [3.63, 3.8) is 0 Å². The summed E-state index contributed by atoms with van der Waals surface area (Å²) in [6, 6.07) is 0. The Kier molecular flexibility index (Phi) is 3.90. The highest BCUT2D eigenvalue weighted by Crippen LogP contribution is 2.62. The standard InChI is InChI=1S/C15H18F6O3/c16-14(17,18)13(24,15(19,20)21)11(12(22)23)10-8-2-6-1-7(4-8)5-9(10)3-6/h6-11,24H,1-5H2,(H,22,23). The average molecular weight is 360 g/mol. The van der Waals surface area contributed by atoms with Gasteiger partial charge in [0.2, 0.25) is 0 Å². The lowest BCUT2D eigenvalue weighted by atomic mass is 9.48. The molecule has 4 bridgehead atoms. The third-order valence-electron chi connectivity index (χ3n) is 6.27. The molecule has 1 atom stereocenters. The maximum atomic E-state index is 13.2. The molecule has 0 amide bonds. The van der Waals surface area contributed by atoms with E-state index in [1.165, 1.54) is 0 Å². The van der Waals surface area contributed by atoms with E-state index in [9.17, 15) is 41.4 Å². The number of rotatable bonds is 3. The number of hydrogen-bond acceptors (Lipinski definition) is 2. The first-order chi connectivity index (χ1) is 10.9. The fraction of sp³-hybridized carbons (Fsp3) is 0.933. The quantitative estimate of drug-likeness (QED) is 0.756. The van der Waals surface area contributed by atoms with Crippen molar-refractivity contribution in [2.24, 2.45) is 35.5 Å². The first-order valence-electron chi connectivity index (χ1n) is 7.95. The lowest BCUT2D eigenvalue weighted by molar-refractivity contribution is -0.390. The first kappa shape index (κ1) is 17.8. The van der Waals surface area contributed by atoms with E-state index < -0.39 is 47.6 Å². The van der Waals surface area contributed by atoms with Gasteiger partial charge >= 0.3 is 18.3 Å². The highest BCUT2D eigenvalue weighted by atomic mass is 19.4. The molecule has 0 aromatic rings. The summed E-state index contributed by atoms with van der Waals surface area (Å²) in [5, 5.41) is 18.9. The second-order valence-corrected chi connectivity index (χ2v) is 7.59. The number of halogens is 6. The molecule has 4 fully saturated rings. The predicted molar refractivity (Wildman–Crippen MR) is 68.7 cm³/mol. The Morgan fingerprint density at radius 3 is 1.50 bits per heavy atom. The van der Waals surface area contributed by atoms with Gasteiger partial charge in [-0.1, -0.05) is 0 Å². The minimum Gasteiger partial charge on any atom is -0.481 e. The van der Waals surface area contributed by atoms with Crippen LogP contribution < -0.4 is 0 Å². The van der Waals surface area contributed by atoms with Gasteiger partial charge in [-0.05, 0) is 61.7 Å². The zero-order valence-electron chi connectivity index (χ0n) is 12.6. The van der Waals surface area contributed by atoms with Crippen molar-refractivity contribution in [2.45, 2.75) is 50.1 Å². The Morgan fingerprint density at radius 2 is 1.21 bits per heavy atom. The minimum absolute atomic E-state index is 0.253. The smallest absolute Gasteiger partial charge is 0.427 e. The van der Waals surface area contributed by atoms with Crippen molar-refractivity contribution in [2.75, 3.05) is 0 Å². The van der Waals surface area contributed by atoms with Crippen LogP contribution in [0.25, 0.3) is 0 Å². The maximum Gasteiger partial charge on any atom is 0.427 e. The lowest BCUT2D eigenvalue weighted by Gasteiger charge is -2.57. The molecule has 4 aliphatic carbocycles. The molecule has 0 heterocycles. The Morgan fingerprint density at radius 1 is 0.833 bits per heavy atom. The van der Waals surface area contributed by atoms with Gasteiger partial charge in [0.25, 0.3) is 5.60 Å². The molecule has 138 valence electrons. The van der Waals surface area contributed by atoms with Crippen molar-refractivity contribution in [3.8, 4) is 0 Å². The molecule has 4 saturated carbocycles. The maximum absolute atomic E-state index is 13.2. The number of carbonyl (C=O) groups is 1. The average Bonchev–Trinajstić information content (AvgIpc) is 2.38. The topological polar surface area (TPSA) is 57.5 Å². The van der Waals surface area contributed by atoms with E-state index in [-0.39, 0.29) is 11.8 Å². The summed E-state index contributed by atoms with van der Waals surface area (Å²) in [6.07, 6.45) is -9.49. The summed E-state index contributed by atoms with van der Waals surface area (Å²) < 4.78 is 79.2. The van der Waals surface area contributed by atoms with Crippen LogP contribution in [0.5, 0.6) is 0 Å². The van der Waals surface area contributed by atoms with Crippen LogP contribution in [0, 0.1) is 35.5 Å². The molecule has 4 aliphatic rings. The normalized spacial score (nSPS) is 37.5. The summed E-state index contributed by atoms with van der Waals surface area (Å²) in [4.78, 5) is 11.5. The van der Waals surface area contributed by atoms with Crippen LogP contribution >= 0.6 is 0 Å².